The highest BCUT2D eigenvalue weighted by atomic mass is 16.2. The molecule has 1 aromatic heterocycles. The lowest BCUT2D eigenvalue weighted by atomic mass is 9.99. The van der Waals surface area contributed by atoms with Crippen molar-refractivity contribution in [1.82, 2.24) is 14.9 Å². The van der Waals surface area contributed by atoms with Gasteiger partial charge in [-0.05, 0) is 25.2 Å². The van der Waals surface area contributed by atoms with Crippen LogP contribution in [0, 0.1) is 5.92 Å². The molecule has 5 heteroatoms. The normalized spacial score (nSPS) is 15.0. The molecule has 3 rings (SSSR count). The van der Waals surface area contributed by atoms with Crippen LogP contribution in [0.15, 0.2) is 36.4 Å². The molecule has 5 nitrogen and oxygen atoms in total. The van der Waals surface area contributed by atoms with Crippen LogP contribution >= 0.6 is 0 Å². The molecule has 1 fully saturated rings. The molecule has 0 saturated carbocycles. The molecule has 2 aromatic rings. The lowest BCUT2D eigenvalue weighted by molar-refractivity contribution is 0.0691. The summed E-state index contributed by atoms with van der Waals surface area (Å²) in [5.41, 5.74) is 1.41. The maximum Gasteiger partial charge on any atom is 0.272 e. The lowest BCUT2D eigenvalue weighted by Crippen LogP contribution is -2.38. The summed E-state index contributed by atoms with van der Waals surface area (Å²) in [4.78, 5) is 24.2. The number of carbonyl (C=O) groups is 1. The van der Waals surface area contributed by atoms with E-state index in [1.807, 2.05) is 35.2 Å². The average Bonchev–Trinajstić information content (AvgIpc) is 2.72. The van der Waals surface area contributed by atoms with Crippen LogP contribution in [0.3, 0.4) is 0 Å². The monoisotopic (exact) mass is 366 g/mol. The molecular formula is C22H30N4O. The molecule has 0 radical (unpaired) electrons. The zero-order valence-electron chi connectivity index (χ0n) is 16.4. The number of carbonyl (C=O) groups excluding carboxylic acids is 1. The second-order valence-electron chi connectivity index (χ2n) is 7.44. The molecule has 1 aromatic carbocycles. The van der Waals surface area contributed by atoms with Crippen molar-refractivity contribution in [2.75, 3.05) is 25.0 Å². The van der Waals surface area contributed by atoms with Crippen molar-refractivity contribution in [3.8, 4) is 11.4 Å². The molecule has 1 aliphatic heterocycles. The lowest BCUT2D eigenvalue weighted by Gasteiger charge is -2.30. The minimum Gasteiger partial charge on any atom is -0.370 e. The molecule has 1 saturated heterocycles. The van der Waals surface area contributed by atoms with E-state index in [1.54, 1.807) is 6.07 Å². The topological polar surface area (TPSA) is 58.1 Å². The fourth-order valence-corrected chi connectivity index (χ4v) is 3.33. The van der Waals surface area contributed by atoms with Gasteiger partial charge in [0.1, 0.15) is 11.5 Å². The third-order valence-corrected chi connectivity index (χ3v) is 5.13. The molecule has 0 spiro atoms. The van der Waals surface area contributed by atoms with Gasteiger partial charge < -0.3 is 10.2 Å². The van der Waals surface area contributed by atoms with Crippen molar-refractivity contribution in [2.24, 2.45) is 5.92 Å². The van der Waals surface area contributed by atoms with Gasteiger partial charge in [-0.2, -0.15) is 0 Å². The Kier molecular flexibility index (Phi) is 6.80. The second-order valence-corrected chi connectivity index (χ2v) is 7.44. The van der Waals surface area contributed by atoms with E-state index in [9.17, 15) is 4.79 Å². The first kappa shape index (κ1) is 19.3. The van der Waals surface area contributed by atoms with Gasteiger partial charge >= 0.3 is 0 Å². The highest BCUT2D eigenvalue weighted by Crippen LogP contribution is 2.21. The van der Waals surface area contributed by atoms with E-state index in [1.165, 1.54) is 12.8 Å². The van der Waals surface area contributed by atoms with Crippen LogP contribution in [0.2, 0.25) is 0 Å². The van der Waals surface area contributed by atoms with Crippen LogP contribution in [0.4, 0.5) is 5.82 Å². The molecule has 0 atom stereocenters. The molecular weight excluding hydrogens is 336 g/mol. The number of nitrogens with one attached hydrogen (secondary N) is 1. The second kappa shape index (κ2) is 9.49. The summed E-state index contributed by atoms with van der Waals surface area (Å²) < 4.78 is 0. The van der Waals surface area contributed by atoms with E-state index in [-0.39, 0.29) is 5.91 Å². The SMILES string of the molecule is CCCCCNc1cc(C(=O)N2CCC(C)CC2)nc(-c2ccccc2)n1. The number of anilines is 1. The number of benzene rings is 1. The molecule has 0 aliphatic carbocycles. The first-order chi connectivity index (χ1) is 13.2. The number of nitrogens with zero attached hydrogens (tertiary/aromatic N) is 3. The number of amides is 1. The van der Waals surface area contributed by atoms with Gasteiger partial charge in [0.25, 0.3) is 5.91 Å². The number of hydrogen-bond acceptors (Lipinski definition) is 4. The minimum absolute atomic E-state index is 0.0121. The van der Waals surface area contributed by atoms with Gasteiger partial charge in [-0.15, -0.1) is 0 Å². The van der Waals surface area contributed by atoms with Crippen molar-refractivity contribution in [3.63, 3.8) is 0 Å². The van der Waals surface area contributed by atoms with Gasteiger partial charge in [0.05, 0.1) is 0 Å². The maximum absolute atomic E-state index is 13.0. The standard InChI is InChI=1S/C22H30N4O/c1-3-4-8-13-23-20-16-19(22(27)26-14-11-17(2)12-15-26)24-21(25-20)18-9-6-5-7-10-18/h5-7,9-10,16-17H,3-4,8,11-15H2,1-2H3,(H,23,24,25). The Morgan fingerprint density at radius 3 is 2.59 bits per heavy atom. The van der Waals surface area contributed by atoms with Gasteiger partial charge in [0, 0.05) is 31.3 Å². The average molecular weight is 367 g/mol. The third kappa shape index (κ3) is 5.28. The highest BCUT2D eigenvalue weighted by Gasteiger charge is 2.23. The van der Waals surface area contributed by atoms with Crippen LogP contribution in [0.5, 0.6) is 0 Å². The van der Waals surface area contributed by atoms with E-state index in [0.717, 1.165) is 50.3 Å². The first-order valence-corrected chi connectivity index (χ1v) is 10.1. The van der Waals surface area contributed by atoms with Crippen LogP contribution in [-0.2, 0) is 0 Å². The molecule has 1 amide bonds. The predicted molar refractivity (Wildman–Crippen MR) is 110 cm³/mol. The Bertz CT molecular complexity index is 739. The first-order valence-electron chi connectivity index (χ1n) is 10.1. The fourth-order valence-electron chi connectivity index (χ4n) is 3.33. The molecule has 144 valence electrons. The fraction of sp³-hybridized carbons (Fsp3) is 0.500. The number of rotatable bonds is 7. The van der Waals surface area contributed by atoms with Crippen LogP contribution in [-0.4, -0.2) is 40.4 Å². The number of piperidine rings is 1. The van der Waals surface area contributed by atoms with E-state index >= 15 is 0 Å². The Balaban J connectivity index is 1.84. The summed E-state index contributed by atoms with van der Waals surface area (Å²) in [6.07, 6.45) is 5.57. The zero-order valence-corrected chi connectivity index (χ0v) is 16.4. The number of likely N-dealkylation sites (tertiary alicyclic amines) is 1. The van der Waals surface area contributed by atoms with Gasteiger partial charge in [-0.25, -0.2) is 9.97 Å². The van der Waals surface area contributed by atoms with Crippen molar-refractivity contribution < 1.29 is 4.79 Å². The van der Waals surface area contributed by atoms with Crippen LogP contribution < -0.4 is 5.32 Å². The third-order valence-electron chi connectivity index (χ3n) is 5.13. The van der Waals surface area contributed by atoms with Crippen molar-refractivity contribution in [2.45, 2.75) is 46.0 Å². The van der Waals surface area contributed by atoms with Crippen LogP contribution in [0.25, 0.3) is 11.4 Å². The Morgan fingerprint density at radius 2 is 1.89 bits per heavy atom. The van der Waals surface area contributed by atoms with Crippen LogP contribution in [0.1, 0.15) is 56.4 Å². The Hall–Kier alpha value is -2.43. The van der Waals surface area contributed by atoms with E-state index in [0.29, 0.717) is 17.4 Å². The van der Waals surface area contributed by atoms with Crippen molar-refractivity contribution in [3.05, 3.63) is 42.1 Å². The minimum atomic E-state index is 0.0121. The summed E-state index contributed by atoms with van der Waals surface area (Å²) in [6.45, 7) is 6.91. The quantitative estimate of drug-likeness (QED) is 0.727. The van der Waals surface area contributed by atoms with E-state index in [2.05, 4.69) is 29.1 Å². The molecule has 1 aliphatic rings. The molecule has 2 heterocycles. The maximum atomic E-state index is 13.0. The van der Waals surface area contributed by atoms with Gasteiger partial charge in [0.2, 0.25) is 0 Å². The zero-order chi connectivity index (χ0) is 19.1. The van der Waals surface area contributed by atoms with Gasteiger partial charge in [-0.3, -0.25) is 4.79 Å². The van der Waals surface area contributed by atoms with Gasteiger partial charge in [0.15, 0.2) is 5.82 Å². The summed E-state index contributed by atoms with van der Waals surface area (Å²) in [7, 11) is 0. The molecule has 0 bridgehead atoms. The largest absolute Gasteiger partial charge is 0.370 e. The summed E-state index contributed by atoms with van der Waals surface area (Å²) in [5, 5.41) is 3.37. The molecule has 0 unspecified atom stereocenters. The summed E-state index contributed by atoms with van der Waals surface area (Å²) in [5.74, 6) is 2.03. The predicted octanol–water partition coefficient (Wildman–Crippen LogP) is 4.62. The number of unbranched alkanes of at least 4 members (excludes halogenated alkanes) is 2. The summed E-state index contributed by atoms with van der Waals surface area (Å²) in [6, 6.07) is 11.7. The smallest absolute Gasteiger partial charge is 0.272 e. The van der Waals surface area contributed by atoms with Crippen molar-refractivity contribution in [1.29, 1.82) is 0 Å². The Morgan fingerprint density at radius 1 is 1.15 bits per heavy atom. The van der Waals surface area contributed by atoms with E-state index in [4.69, 9.17) is 0 Å². The van der Waals surface area contributed by atoms with E-state index < -0.39 is 0 Å². The number of hydrogen-bond donors (Lipinski definition) is 1. The number of aromatic nitrogens is 2. The highest BCUT2D eigenvalue weighted by molar-refractivity contribution is 5.93. The molecule has 1 N–H and O–H groups in total. The Labute approximate surface area is 162 Å². The van der Waals surface area contributed by atoms with Gasteiger partial charge in [-0.1, -0.05) is 57.0 Å². The van der Waals surface area contributed by atoms with Crippen molar-refractivity contribution >= 4 is 11.7 Å². The summed E-state index contributed by atoms with van der Waals surface area (Å²) >= 11 is 0. The molecule has 27 heavy (non-hydrogen) atoms.